The molecule has 3 rings (SSSR count). The Balaban J connectivity index is 1.61. The van der Waals surface area contributed by atoms with E-state index in [0.29, 0.717) is 12.6 Å². The van der Waals surface area contributed by atoms with E-state index in [1.54, 1.807) is 13.8 Å². The van der Waals surface area contributed by atoms with Gasteiger partial charge in [-0.2, -0.15) is 0 Å². The fourth-order valence-electron chi connectivity index (χ4n) is 3.69. The highest BCUT2D eigenvalue weighted by atomic mass is 16.5. The molecule has 2 unspecified atom stereocenters. The van der Waals surface area contributed by atoms with Gasteiger partial charge in [-0.15, -0.1) is 0 Å². The minimum absolute atomic E-state index is 0.216. The van der Waals surface area contributed by atoms with Crippen molar-refractivity contribution in [2.45, 2.75) is 38.8 Å². The van der Waals surface area contributed by atoms with Crippen LogP contribution in [0.1, 0.15) is 25.0 Å². The number of benzene rings is 1. The van der Waals surface area contributed by atoms with Gasteiger partial charge in [0.2, 0.25) is 5.91 Å². The first-order chi connectivity index (χ1) is 13.0. The maximum atomic E-state index is 12.9. The van der Waals surface area contributed by atoms with E-state index < -0.39 is 11.9 Å². The Labute approximate surface area is 159 Å². The van der Waals surface area contributed by atoms with Gasteiger partial charge in [-0.25, -0.2) is 0 Å². The maximum absolute atomic E-state index is 12.9. The Morgan fingerprint density at radius 3 is 2.00 bits per heavy atom. The number of amides is 1. The van der Waals surface area contributed by atoms with Gasteiger partial charge in [0.15, 0.2) is 0 Å². The van der Waals surface area contributed by atoms with Crippen LogP contribution < -0.4 is 0 Å². The van der Waals surface area contributed by atoms with Crippen molar-refractivity contribution in [2.24, 2.45) is 0 Å². The molecule has 1 saturated heterocycles. The van der Waals surface area contributed by atoms with Gasteiger partial charge >= 0.3 is 11.9 Å². The van der Waals surface area contributed by atoms with Gasteiger partial charge in [-0.05, 0) is 37.8 Å². The summed E-state index contributed by atoms with van der Waals surface area (Å²) in [5, 5.41) is 0. The number of esters is 2. The van der Waals surface area contributed by atoms with E-state index in [0.717, 1.165) is 12.8 Å². The molecule has 1 amide bonds. The summed E-state index contributed by atoms with van der Waals surface area (Å²) in [7, 11) is 0. The molecule has 1 aromatic rings. The molecule has 7 nitrogen and oxygen atoms in total. The molecule has 146 valence electrons. The summed E-state index contributed by atoms with van der Waals surface area (Å²) >= 11 is 0. The molecule has 1 aliphatic carbocycles. The van der Waals surface area contributed by atoms with Crippen LogP contribution >= 0.6 is 0 Å². The number of hydrogen-bond acceptors (Lipinski definition) is 6. The summed E-state index contributed by atoms with van der Waals surface area (Å²) in [6.45, 7) is 4.05. The first-order valence-electron chi connectivity index (χ1n) is 9.46. The Morgan fingerprint density at radius 1 is 1.00 bits per heavy atom. The van der Waals surface area contributed by atoms with Crippen molar-refractivity contribution in [1.29, 1.82) is 0 Å². The Kier molecular flexibility index (Phi) is 6.11. The van der Waals surface area contributed by atoms with E-state index in [1.807, 2.05) is 12.1 Å². The molecule has 0 N–H and O–H groups in total. The van der Waals surface area contributed by atoms with Crippen LogP contribution in [0.25, 0.3) is 0 Å². The molecule has 7 heteroatoms. The highest BCUT2D eigenvalue weighted by molar-refractivity contribution is 5.90. The van der Waals surface area contributed by atoms with Gasteiger partial charge in [0.25, 0.3) is 0 Å². The van der Waals surface area contributed by atoms with Gasteiger partial charge in [0.1, 0.15) is 19.1 Å². The summed E-state index contributed by atoms with van der Waals surface area (Å²) in [6, 6.07) is 8.34. The van der Waals surface area contributed by atoms with E-state index in [4.69, 9.17) is 9.47 Å². The molecule has 1 fully saturated rings. The molecule has 2 atom stereocenters. The number of carbonyl (C=O) groups is 3. The van der Waals surface area contributed by atoms with Crippen LogP contribution in [-0.4, -0.2) is 72.6 Å². The lowest BCUT2D eigenvalue weighted by atomic mass is 10.1. The molecule has 2 aliphatic rings. The van der Waals surface area contributed by atoms with Crippen LogP contribution in [0.2, 0.25) is 0 Å². The highest BCUT2D eigenvalue weighted by Crippen LogP contribution is 2.33. The van der Waals surface area contributed by atoms with E-state index in [1.165, 1.54) is 16.0 Å². The van der Waals surface area contributed by atoms with Crippen LogP contribution in [-0.2, 0) is 36.7 Å². The van der Waals surface area contributed by atoms with E-state index in [-0.39, 0.29) is 38.3 Å². The number of hydrogen-bond donors (Lipinski definition) is 0. The molecule has 0 saturated carbocycles. The summed E-state index contributed by atoms with van der Waals surface area (Å²) in [5.41, 5.74) is 2.66. The highest BCUT2D eigenvalue weighted by Gasteiger charge is 2.48. The standard InChI is InChI=1S/C20H26N2O5/c1-3-26-18(23)12-21(13-19(24)27-4-2)20(25)17-11-22(17)16-9-14-7-5-6-8-15(14)10-16/h5-8,16-17H,3-4,9-13H2,1-2H3. The van der Waals surface area contributed by atoms with Gasteiger partial charge < -0.3 is 14.4 Å². The topological polar surface area (TPSA) is 75.9 Å². The third-order valence-corrected chi connectivity index (χ3v) is 5.00. The SMILES string of the molecule is CCOC(=O)CN(CC(=O)OCC)C(=O)C1CN1C1Cc2ccccc2C1. The zero-order valence-electron chi connectivity index (χ0n) is 15.8. The average molecular weight is 374 g/mol. The predicted molar refractivity (Wildman–Crippen MR) is 98.0 cm³/mol. The molecular weight excluding hydrogens is 348 g/mol. The Morgan fingerprint density at radius 2 is 1.52 bits per heavy atom. The minimum atomic E-state index is -0.518. The van der Waals surface area contributed by atoms with Crippen molar-refractivity contribution in [2.75, 3.05) is 32.8 Å². The third kappa shape index (κ3) is 4.66. The second kappa shape index (κ2) is 8.52. The molecule has 1 heterocycles. The lowest BCUT2D eigenvalue weighted by Gasteiger charge is -2.21. The van der Waals surface area contributed by atoms with E-state index in [2.05, 4.69) is 17.0 Å². The van der Waals surface area contributed by atoms with Crippen molar-refractivity contribution in [1.82, 2.24) is 9.80 Å². The molecule has 1 aromatic carbocycles. The predicted octanol–water partition coefficient (Wildman–Crippen LogP) is 0.793. The van der Waals surface area contributed by atoms with E-state index >= 15 is 0 Å². The van der Waals surface area contributed by atoms with Crippen molar-refractivity contribution >= 4 is 17.8 Å². The molecule has 1 aliphatic heterocycles. The third-order valence-electron chi connectivity index (χ3n) is 5.00. The van der Waals surface area contributed by atoms with E-state index in [9.17, 15) is 14.4 Å². The first-order valence-corrected chi connectivity index (χ1v) is 9.46. The van der Waals surface area contributed by atoms with Gasteiger partial charge in [0.05, 0.1) is 13.2 Å². The Bertz CT molecular complexity index is 675. The fourth-order valence-corrected chi connectivity index (χ4v) is 3.69. The van der Waals surface area contributed by atoms with Crippen molar-refractivity contribution in [3.8, 4) is 0 Å². The summed E-state index contributed by atoms with van der Waals surface area (Å²) in [6.07, 6.45) is 1.85. The molecule has 27 heavy (non-hydrogen) atoms. The number of rotatable bonds is 8. The minimum Gasteiger partial charge on any atom is -0.465 e. The molecule has 0 bridgehead atoms. The van der Waals surface area contributed by atoms with Gasteiger partial charge in [0, 0.05) is 12.6 Å². The van der Waals surface area contributed by atoms with Crippen LogP contribution in [0, 0.1) is 0 Å². The van der Waals surface area contributed by atoms with Crippen LogP contribution in [0.5, 0.6) is 0 Å². The van der Waals surface area contributed by atoms with Crippen molar-refractivity contribution in [3.05, 3.63) is 35.4 Å². The second-order valence-electron chi connectivity index (χ2n) is 6.85. The number of fused-ring (bicyclic) bond motifs is 1. The summed E-state index contributed by atoms with van der Waals surface area (Å²) in [5.74, 6) is -1.25. The fraction of sp³-hybridized carbons (Fsp3) is 0.550. The average Bonchev–Trinajstić information content (AvgIpc) is 3.32. The molecule has 0 radical (unpaired) electrons. The van der Waals surface area contributed by atoms with Gasteiger partial charge in [-0.3, -0.25) is 19.3 Å². The Hall–Kier alpha value is -2.41. The summed E-state index contributed by atoms with van der Waals surface area (Å²) < 4.78 is 9.87. The number of ether oxygens (including phenoxy) is 2. The normalized spacial score (nSPS) is 20.7. The molecular formula is C20H26N2O5. The van der Waals surface area contributed by atoms with Crippen molar-refractivity contribution < 1.29 is 23.9 Å². The van der Waals surface area contributed by atoms with Crippen molar-refractivity contribution in [3.63, 3.8) is 0 Å². The molecule has 0 aromatic heterocycles. The van der Waals surface area contributed by atoms with Crippen LogP contribution in [0.4, 0.5) is 0 Å². The first kappa shape index (κ1) is 19.4. The quantitative estimate of drug-likeness (QED) is 0.495. The molecule has 0 spiro atoms. The number of carbonyl (C=O) groups excluding carboxylic acids is 3. The smallest absolute Gasteiger partial charge is 0.325 e. The van der Waals surface area contributed by atoms with Crippen LogP contribution in [0.3, 0.4) is 0 Å². The number of nitrogens with zero attached hydrogens (tertiary/aromatic N) is 2. The van der Waals surface area contributed by atoms with Crippen LogP contribution in [0.15, 0.2) is 24.3 Å². The summed E-state index contributed by atoms with van der Waals surface area (Å²) in [4.78, 5) is 40.0. The lowest BCUT2D eigenvalue weighted by molar-refractivity contribution is -0.154. The maximum Gasteiger partial charge on any atom is 0.325 e. The second-order valence-corrected chi connectivity index (χ2v) is 6.85. The van der Waals surface area contributed by atoms with Gasteiger partial charge in [-0.1, -0.05) is 24.3 Å². The zero-order valence-corrected chi connectivity index (χ0v) is 15.8. The zero-order chi connectivity index (χ0) is 19.4. The monoisotopic (exact) mass is 374 g/mol. The lowest BCUT2D eigenvalue weighted by Crippen LogP contribution is -2.44. The largest absolute Gasteiger partial charge is 0.465 e.